The fourth-order valence-corrected chi connectivity index (χ4v) is 2.26. The average Bonchev–Trinajstić information content (AvgIpc) is 2.84. The summed E-state index contributed by atoms with van der Waals surface area (Å²) in [6.07, 6.45) is 2.32. The van der Waals surface area contributed by atoms with Gasteiger partial charge in [0.25, 0.3) is 5.91 Å². The first-order chi connectivity index (χ1) is 7.25. The highest BCUT2D eigenvalue weighted by Crippen LogP contribution is 2.12. The molecule has 1 amide bonds. The number of amides is 1. The van der Waals surface area contributed by atoms with E-state index in [9.17, 15) is 4.79 Å². The number of nitrogens with one attached hydrogen (secondary N) is 1. The summed E-state index contributed by atoms with van der Waals surface area (Å²) in [5, 5.41) is 5.25. The molecule has 1 atom stereocenters. The van der Waals surface area contributed by atoms with Gasteiger partial charge in [0, 0.05) is 24.2 Å². The molecule has 1 N–H and O–H groups in total. The van der Waals surface area contributed by atoms with Crippen LogP contribution < -0.4 is 5.32 Å². The lowest BCUT2D eigenvalue weighted by atomic mass is 10.2. The van der Waals surface area contributed by atoms with Crippen LogP contribution in [0, 0.1) is 6.92 Å². The molecule has 0 aromatic carbocycles. The first-order valence-electron chi connectivity index (χ1n) is 5.07. The Morgan fingerprint density at radius 2 is 2.67 bits per heavy atom. The lowest BCUT2D eigenvalue weighted by Crippen LogP contribution is -2.31. The number of rotatable bonds is 3. The SMILES string of the molecule is Cc1csc(C(=O)NCC2CCCO2)n1. The third-order valence-corrected chi connectivity index (χ3v) is 3.29. The van der Waals surface area contributed by atoms with Gasteiger partial charge in [-0.25, -0.2) is 4.98 Å². The maximum Gasteiger partial charge on any atom is 0.280 e. The molecule has 15 heavy (non-hydrogen) atoms. The normalized spacial score (nSPS) is 20.5. The van der Waals surface area contributed by atoms with Crippen molar-refractivity contribution in [3.8, 4) is 0 Å². The maximum absolute atomic E-state index is 11.6. The predicted octanol–water partition coefficient (Wildman–Crippen LogP) is 1.36. The van der Waals surface area contributed by atoms with Gasteiger partial charge in [-0.1, -0.05) is 0 Å². The number of ether oxygens (including phenoxy) is 1. The van der Waals surface area contributed by atoms with Crippen molar-refractivity contribution in [2.45, 2.75) is 25.9 Å². The summed E-state index contributed by atoms with van der Waals surface area (Å²) in [4.78, 5) is 15.7. The molecule has 1 saturated heterocycles. The fraction of sp³-hybridized carbons (Fsp3) is 0.600. The van der Waals surface area contributed by atoms with Gasteiger partial charge in [0.2, 0.25) is 0 Å². The molecule has 1 aromatic rings. The van der Waals surface area contributed by atoms with Crippen molar-refractivity contribution in [2.24, 2.45) is 0 Å². The van der Waals surface area contributed by atoms with Crippen molar-refractivity contribution in [1.82, 2.24) is 10.3 Å². The molecule has 82 valence electrons. The minimum Gasteiger partial charge on any atom is -0.376 e. The summed E-state index contributed by atoms with van der Waals surface area (Å²) in [5.41, 5.74) is 0.891. The van der Waals surface area contributed by atoms with E-state index in [0.717, 1.165) is 25.1 Å². The van der Waals surface area contributed by atoms with Gasteiger partial charge >= 0.3 is 0 Å². The number of nitrogens with zero attached hydrogens (tertiary/aromatic N) is 1. The predicted molar refractivity (Wildman–Crippen MR) is 58.2 cm³/mol. The van der Waals surface area contributed by atoms with Crippen LogP contribution in [0.3, 0.4) is 0 Å². The topological polar surface area (TPSA) is 51.2 Å². The number of hydrogen-bond acceptors (Lipinski definition) is 4. The number of carbonyl (C=O) groups excluding carboxylic acids is 1. The van der Waals surface area contributed by atoms with Gasteiger partial charge in [-0.2, -0.15) is 0 Å². The van der Waals surface area contributed by atoms with Crippen LogP contribution in [0.2, 0.25) is 0 Å². The Morgan fingerprint density at radius 3 is 3.27 bits per heavy atom. The maximum atomic E-state index is 11.6. The van der Waals surface area contributed by atoms with Crippen LogP contribution in [0.5, 0.6) is 0 Å². The summed E-state index contributed by atoms with van der Waals surface area (Å²) in [6.45, 7) is 3.29. The lowest BCUT2D eigenvalue weighted by Gasteiger charge is -2.09. The standard InChI is InChI=1S/C10H14N2O2S/c1-7-6-15-10(12-7)9(13)11-5-8-3-2-4-14-8/h6,8H,2-5H2,1H3,(H,11,13). The summed E-state index contributed by atoms with van der Waals surface area (Å²) in [6, 6.07) is 0. The Kier molecular flexibility index (Phi) is 3.33. The largest absolute Gasteiger partial charge is 0.376 e. The number of aromatic nitrogens is 1. The fourth-order valence-electron chi connectivity index (χ4n) is 1.55. The second-order valence-corrected chi connectivity index (χ2v) is 4.50. The van der Waals surface area contributed by atoms with Gasteiger partial charge < -0.3 is 10.1 Å². The Balaban J connectivity index is 1.81. The molecule has 0 aliphatic carbocycles. The first-order valence-corrected chi connectivity index (χ1v) is 5.95. The lowest BCUT2D eigenvalue weighted by molar-refractivity contribution is 0.0857. The number of thiazole rings is 1. The van der Waals surface area contributed by atoms with Crippen LogP contribution in [0.1, 0.15) is 28.3 Å². The average molecular weight is 226 g/mol. The molecule has 1 aliphatic heterocycles. The summed E-state index contributed by atoms with van der Waals surface area (Å²) in [7, 11) is 0. The van der Waals surface area contributed by atoms with Gasteiger partial charge in [-0.05, 0) is 19.8 Å². The molecular formula is C10H14N2O2S. The Morgan fingerprint density at radius 1 is 1.80 bits per heavy atom. The third-order valence-electron chi connectivity index (χ3n) is 2.33. The molecule has 1 fully saturated rings. The van der Waals surface area contributed by atoms with Crippen LogP contribution in [0.15, 0.2) is 5.38 Å². The Labute approximate surface area is 92.7 Å². The van der Waals surface area contributed by atoms with Crippen molar-refractivity contribution in [1.29, 1.82) is 0 Å². The second-order valence-electron chi connectivity index (χ2n) is 3.64. The van der Waals surface area contributed by atoms with Crippen molar-refractivity contribution in [3.63, 3.8) is 0 Å². The summed E-state index contributed by atoms with van der Waals surface area (Å²) in [5.74, 6) is -0.0939. The molecule has 2 heterocycles. The van der Waals surface area contributed by atoms with Crippen molar-refractivity contribution >= 4 is 17.2 Å². The van der Waals surface area contributed by atoms with E-state index >= 15 is 0 Å². The zero-order valence-corrected chi connectivity index (χ0v) is 9.47. The number of aryl methyl sites for hydroxylation is 1. The van der Waals surface area contributed by atoms with Crippen LogP contribution in [0.25, 0.3) is 0 Å². The van der Waals surface area contributed by atoms with Gasteiger partial charge in [-0.15, -0.1) is 11.3 Å². The highest BCUT2D eigenvalue weighted by atomic mass is 32.1. The quantitative estimate of drug-likeness (QED) is 0.846. The van der Waals surface area contributed by atoms with Crippen LogP contribution in [-0.2, 0) is 4.74 Å². The smallest absolute Gasteiger partial charge is 0.280 e. The van der Waals surface area contributed by atoms with Crippen LogP contribution >= 0.6 is 11.3 Å². The molecular weight excluding hydrogens is 212 g/mol. The van der Waals surface area contributed by atoms with Gasteiger partial charge in [0.1, 0.15) is 0 Å². The van der Waals surface area contributed by atoms with E-state index in [2.05, 4.69) is 10.3 Å². The Hall–Kier alpha value is -0.940. The number of hydrogen-bond donors (Lipinski definition) is 1. The second kappa shape index (κ2) is 4.72. The van der Waals surface area contributed by atoms with E-state index < -0.39 is 0 Å². The van der Waals surface area contributed by atoms with Gasteiger partial charge in [0.05, 0.1) is 6.10 Å². The minimum atomic E-state index is -0.0939. The van der Waals surface area contributed by atoms with E-state index in [-0.39, 0.29) is 12.0 Å². The van der Waals surface area contributed by atoms with Gasteiger partial charge in [-0.3, -0.25) is 4.79 Å². The zero-order chi connectivity index (χ0) is 10.7. The van der Waals surface area contributed by atoms with Crippen LogP contribution in [-0.4, -0.2) is 30.1 Å². The molecule has 0 bridgehead atoms. The molecule has 1 aliphatic rings. The zero-order valence-electron chi connectivity index (χ0n) is 8.66. The highest BCUT2D eigenvalue weighted by Gasteiger charge is 2.17. The molecule has 1 aromatic heterocycles. The minimum absolute atomic E-state index is 0.0939. The highest BCUT2D eigenvalue weighted by molar-refractivity contribution is 7.11. The summed E-state index contributed by atoms with van der Waals surface area (Å²) >= 11 is 1.38. The van der Waals surface area contributed by atoms with E-state index in [1.54, 1.807) is 0 Å². The van der Waals surface area contributed by atoms with E-state index in [4.69, 9.17) is 4.74 Å². The monoisotopic (exact) mass is 226 g/mol. The number of carbonyl (C=O) groups is 1. The molecule has 0 radical (unpaired) electrons. The van der Waals surface area contributed by atoms with Crippen molar-refractivity contribution in [2.75, 3.05) is 13.2 Å². The molecule has 0 spiro atoms. The van der Waals surface area contributed by atoms with E-state index in [1.165, 1.54) is 11.3 Å². The van der Waals surface area contributed by atoms with Crippen molar-refractivity contribution < 1.29 is 9.53 Å². The molecule has 0 saturated carbocycles. The first kappa shape index (κ1) is 10.6. The Bertz CT molecular complexity index is 345. The van der Waals surface area contributed by atoms with Crippen molar-refractivity contribution in [3.05, 3.63) is 16.1 Å². The van der Waals surface area contributed by atoms with Crippen LogP contribution in [0.4, 0.5) is 0 Å². The molecule has 1 unspecified atom stereocenters. The van der Waals surface area contributed by atoms with E-state index in [1.807, 2.05) is 12.3 Å². The summed E-state index contributed by atoms with van der Waals surface area (Å²) < 4.78 is 5.41. The molecule has 2 rings (SSSR count). The third kappa shape index (κ3) is 2.76. The molecule has 4 nitrogen and oxygen atoms in total. The molecule has 5 heteroatoms. The van der Waals surface area contributed by atoms with Gasteiger partial charge in [0.15, 0.2) is 5.01 Å². The van der Waals surface area contributed by atoms with E-state index in [0.29, 0.717) is 11.6 Å².